The van der Waals surface area contributed by atoms with Gasteiger partial charge in [-0.3, -0.25) is 9.59 Å². The summed E-state index contributed by atoms with van der Waals surface area (Å²) in [5.41, 5.74) is 4.78. The Labute approximate surface area is 250 Å². The summed E-state index contributed by atoms with van der Waals surface area (Å²) < 4.78 is 5.93. The molecule has 42 heavy (non-hydrogen) atoms. The molecule has 1 heterocycles. The van der Waals surface area contributed by atoms with E-state index in [0.717, 1.165) is 42.7 Å². The number of nitrogens with zero attached hydrogens (tertiary/aromatic N) is 2. The molecule has 3 aromatic carbocycles. The number of Topliss-reactive ketones (excluding diaryl/α,β-unsaturated/α-hetero) is 1. The van der Waals surface area contributed by atoms with Crippen molar-refractivity contribution in [3.8, 4) is 5.75 Å². The summed E-state index contributed by atoms with van der Waals surface area (Å²) in [6.45, 7) is 16.3. The number of aliphatic hydroxyl groups excluding tert-OH is 1. The molecule has 1 atom stereocenters. The van der Waals surface area contributed by atoms with Gasteiger partial charge in [0, 0.05) is 12.1 Å². The van der Waals surface area contributed by atoms with Gasteiger partial charge in [0.25, 0.3) is 11.7 Å². The normalized spacial score (nSPS) is 16.8. The highest BCUT2D eigenvalue weighted by molar-refractivity contribution is 6.46. The zero-order valence-electron chi connectivity index (χ0n) is 25.8. The highest BCUT2D eigenvalue weighted by Crippen LogP contribution is 2.40. The molecule has 0 aliphatic carbocycles. The number of benzene rings is 3. The summed E-state index contributed by atoms with van der Waals surface area (Å²) in [6, 6.07) is 22.6. The SMILES string of the molecule is CCN(CC)CCCN1C(=O)C(=O)C(=C(O)c2ccc(OCc3ccc(C)cc3)cc2)[C@@H]1c1ccc(C(C)(C)C)cc1. The summed E-state index contributed by atoms with van der Waals surface area (Å²) in [7, 11) is 0. The van der Waals surface area contributed by atoms with E-state index in [2.05, 4.69) is 39.5 Å². The Bertz CT molecular complexity index is 1400. The van der Waals surface area contributed by atoms with Crippen LogP contribution in [0, 0.1) is 6.92 Å². The maximum absolute atomic E-state index is 13.5. The lowest BCUT2D eigenvalue weighted by atomic mass is 9.85. The predicted octanol–water partition coefficient (Wildman–Crippen LogP) is 7.03. The van der Waals surface area contributed by atoms with Crippen LogP contribution in [0.5, 0.6) is 5.75 Å². The van der Waals surface area contributed by atoms with Crippen LogP contribution in [0.3, 0.4) is 0 Å². The van der Waals surface area contributed by atoms with E-state index in [0.29, 0.717) is 24.5 Å². The second-order valence-electron chi connectivity index (χ2n) is 12.0. The number of ketones is 1. The van der Waals surface area contributed by atoms with Crippen LogP contribution >= 0.6 is 0 Å². The molecule has 3 aromatic rings. The van der Waals surface area contributed by atoms with Crippen LogP contribution in [0.15, 0.2) is 78.4 Å². The van der Waals surface area contributed by atoms with E-state index in [-0.39, 0.29) is 16.7 Å². The van der Waals surface area contributed by atoms with Crippen molar-refractivity contribution in [1.29, 1.82) is 0 Å². The lowest BCUT2D eigenvalue weighted by Gasteiger charge is -2.27. The van der Waals surface area contributed by atoms with E-state index in [1.165, 1.54) is 5.56 Å². The first-order chi connectivity index (χ1) is 20.0. The van der Waals surface area contributed by atoms with Crippen LogP contribution in [0.1, 0.15) is 74.9 Å². The van der Waals surface area contributed by atoms with E-state index in [4.69, 9.17) is 4.74 Å². The van der Waals surface area contributed by atoms with E-state index < -0.39 is 17.7 Å². The minimum absolute atomic E-state index is 0.0344. The zero-order valence-corrected chi connectivity index (χ0v) is 25.8. The van der Waals surface area contributed by atoms with E-state index in [1.54, 1.807) is 29.2 Å². The number of likely N-dealkylation sites (tertiary alicyclic amines) is 1. The lowest BCUT2D eigenvalue weighted by molar-refractivity contribution is -0.140. The first-order valence-corrected chi connectivity index (χ1v) is 14.9. The van der Waals surface area contributed by atoms with Crippen molar-refractivity contribution in [3.63, 3.8) is 0 Å². The Morgan fingerprint density at radius 3 is 2.10 bits per heavy atom. The van der Waals surface area contributed by atoms with Crippen molar-refractivity contribution < 1.29 is 19.4 Å². The van der Waals surface area contributed by atoms with Crippen LogP contribution in [-0.4, -0.2) is 52.8 Å². The van der Waals surface area contributed by atoms with Crippen molar-refractivity contribution in [2.75, 3.05) is 26.2 Å². The van der Waals surface area contributed by atoms with Gasteiger partial charge in [-0.05, 0) is 79.3 Å². The van der Waals surface area contributed by atoms with Crippen LogP contribution in [0.4, 0.5) is 0 Å². The fraction of sp³-hybridized carbons (Fsp3) is 0.389. The molecule has 0 aromatic heterocycles. The first kappa shape index (κ1) is 31.0. The number of ether oxygens (including phenoxy) is 1. The summed E-state index contributed by atoms with van der Waals surface area (Å²) in [4.78, 5) is 30.7. The minimum atomic E-state index is -0.659. The number of aliphatic hydroxyl groups is 1. The Kier molecular flexibility index (Phi) is 9.89. The Hall–Kier alpha value is -3.90. The Balaban J connectivity index is 1.63. The van der Waals surface area contributed by atoms with Gasteiger partial charge in [0.2, 0.25) is 0 Å². The highest BCUT2D eigenvalue weighted by Gasteiger charge is 2.45. The number of amides is 1. The maximum atomic E-state index is 13.5. The number of carbonyl (C=O) groups is 2. The van der Waals surface area contributed by atoms with E-state index in [1.807, 2.05) is 55.5 Å². The molecule has 4 rings (SSSR count). The fourth-order valence-corrected chi connectivity index (χ4v) is 5.34. The summed E-state index contributed by atoms with van der Waals surface area (Å²) >= 11 is 0. The highest BCUT2D eigenvalue weighted by atomic mass is 16.5. The van der Waals surface area contributed by atoms with Crippen LogP contribution in [0.2, 0.25) is 0 Å². The van der Waals surface area contributed by atoms with Gasteiger partial charge in [0.05, 0.1) is 11.6 Å². The van der Waals surface area contributed by atoms with Gasteiger partial charge < -0.3 is 19.6 Å². The molecule has 1 amide bonds. The Morgan fingerprint density at radius 1 is 0.905 bits per heavy atom. The van der Waals surface area contributed by atoms with Crippen LogP contribution in [0.25, 0.3) is 5.76 Å². The fourth-order valence-electron chi connectivity index (χ4n) is 5.34. The monoisotopic (exact) mass is 568 g/mol. The van der Waals surface area contributed by atoms with Gasteiger partial charge in [-0.15, -0.1) is 0 Å². The number of rotatable bonds is 11. The topological polar surface area (TPSA) is 70.1 Å². The number of aryl methyl sites for hydroxylation is 1. The number of hydrogen-bond acceptors (Lipinski definition) is 5. The average Bonchev–Trinajstić information content (AvgIpc) is 3.23. The molecule has 1 aliphatic heterocycles. The quantitative estimate of drug-likeness (QED) is 0.153. The van der Waals surface area contributed by atoms with Gasteiger partial charge in [0.15, 0.2) is 0 Å². The van der Waals surface area contributed by atoms with Gasteiger partial charge in [0.1, 0.15) is 18.1 Å². The molecule has 6 nitrogen and oxygen atoms in total. The Morgan fingerprint density at radius 2 is 1.52 bits per heavy atom. The van der Waals surface area contributed by atoms with Crippen LogP contribution in [-0.2, 0) is 21.6 Å². The largest absolute Gasteiger partial charge is 0.507 e. The number of carbonyl (C=O) groups excluding carboxylic acids is 2. The molecule has 1 saturated heterocycles. The van der Waals surface area contributed by atoms with Gasteiger partial charge in [-0.1, -0.05) is 88.7 Å². The molecule has 0 unspecified atom stereocenters. The lowest BCUT2D eigenvalue weighted by Crippen LogP contribution is -2.33. The molecule has 0 saturated carbocycles. The third-order valence-electron chi connectivity index (χ3n) is 8.05. The molecule has 6 heteroatoms. The third-order valence-corrected chi connectivity index (χ3v) is 8.05. The van der Waals surface area contributed by atoms with Crippen LogP contribution < -0.4 is 4.74 Å². The van der Waals surface area contributed by atoms with Crippen molar-refractivity contribution in [1.82, 2.24) is 9.80 Å². The molecule has 1 N–H and O–H groups in total. The molecular formula is C36H44N2O4. The predicted molar refractivity (Wildman–Crippen MR) is 169 cm³/mol. The molecular weight excluding hydrogens is 524 g/mol. The molecule has 222 valence electrons. The summed E-state index contributed by atoms with van der Waals surface area (Å²) in [5, 5.41) is 11.5. The summed E-state index contributed by atoms with van der Waals surface area (Å²) in [6.07, 6.45) is 0.734. The number of hydrogen-bond donors (Lipinski definition) is 1. The van der Waals surface area contributed by atoms with Crippen molar-refractivity contribution in [2.45, 2.75) is 66.0 Å². The molecule has 0 bridgehead atoms. The van der Waals surface area contributed by atoms with Crippen molar-refractivity contribution in [2.24, 2.45) is 0 Å². The standard InChI is InChI=1S/C36H44N2O4/c1-7-37(8-2)22-9-23-38-32(27-14-18-29(19-15-27)36(4,5)6)31(34(40)35(38)41)33(39)28-16-20-30(21-17-28)42-24-26-12-10-25(3)11-13-26/h10-21,32,39H,7-9,22-24H2,1-6H3/t32-/m0/s1. The molecule has 1 aliphatic rings. The maximum Gasteiger partial charge on any atom is 0.295 e. The van der Waals surface area contributed by atoms with Gasteiger partial charge >= 0.3 is 0 Å². The van der Waals surface area contributed by atoms with E-state index in [9.17, 15) is 14.7 Å². The smallest absolute Gasteiger partial charge is 0.295 e. The second-order valence-corrected chi connectivity index (χ2v) is 12.0. The summed E-state index contributed by atoms with van der Waals surface area (Å²) in [5.74, 6) is -0.744. The molecule has 1 fully saturated rings. The molecule has 0 radical (unpaired) electrons. The van der Waals surface area contributed by atoms with E-state index >= 15 is 0 Å². The second kappa shape index (κ2) is 13.4. The van der Waals surface area contributed by atoms with Gasteiger partial charge in [-0.2, -0.15) is 0 Å². The molecule has 0 spiro atoms. The van der Waals surface area contributed by atoms with Crippen molar-refractivity contribution >= 4 is 17.4 Å². The average molecular weight is 569 g/mol. The van der Waals surface area contributed by atoms with Crippen molar-refractivity contribution in [3.05, 3.63) is 106 Å². The first-order valence-electron chi connectivity index (χ1n) is 14.9. The minimum Gasteiger partial charge on any atom is -0.507 e. The third kappa shape index (κ3) is 7.11. The van der Waals surface area contributed by atoms with Gasteiger partial charge in [-0.25, -0.2) is 0 Å². The zero-order chi connectivity index (χ0) is 30.4.